The summed E-state index contributed by atoms with van der Waals surface area (Å²) in [5.41, 5.74) is 2.08. The number of hydrogen-bond donors (Lipinski definition) is 1. The highest BCUT2D eigenvalue weighted by molar-refractivity contribution is 5.46. The number of aromatic hydroxyl groups is 1. The zero-order valence-corrected chi connectivity index (χ0v) is 10.6. The average Bonchev–Trinajstić information content (AvgIpc) is 1.99. The normalized spacial score (nSPS) is 12.9. The lowest BCUT2D eigenvalue weighted by Gasteiger charge is -2.30. The summed E-state index contributed by atoms with van der Waals surface area (Å²) >= 11 is 0. The minimum atomic E-state index is -0.0511. The van der Waals surface area contributed by atoms with Crippen molar-refractivity contribution in [2.75, 3.05) is 0 Å². The van der Waals surface area contributed by atoms with Crippen LogP contribution in [0.2, 0.25) is 0 Å². The van der Waals surface area contributed by atoms with Crippen LogP contribution in [0.3, 0.4) is 0 Å². The third kappa shape index (κ3) is 2.53. The van der Waals surface area contributed by atoms with E-state index in [9.17, 15) is 5.11 Å². The first kappa shape index (κ1) is 12.1. The van der Waals surface area contributed by atoms with Crippen molar-refractivity contribution in [2.45, 2.75) is 52.4 Å². The Morgan fingerprint density at radius 1 is 1.00 bits per heavy atom. The minimum absolute atomic E-state index is 0.0152. The van der Waals surface area contributed by atoms with Crippen molar-refractivity contribution < 1.29 is 5.11 Å². The maximum Gasteiger partial charge on any atom is 0.119 e. The van der Waals surface area contributed by atoms with Gasteiger partial charge in [-0.05, 0) is 28.5 Å². The summed E-state index contributed by atoms with van der Waals surface area (Å²) in [6.45, 7) is 12.8. The van der Waals surface area contributed by atoms with Crippen LogP contribution in [0.5, 0.6) is 5.75 Å². The molecule has 0 saturated carbocycles. The van der Waals surface area contributed by atoms with Gasteiger partial charge in [-0.1, -0.05) is 47.6 Å². The van der Waals surface area contributed by atoms with Crippen LogP contribution in [0.4, 0.5) is 0 Å². The Hall–Kier alpha value is -0.980. The standard InChI is InChI=1S/C14H21O/c1-13(2,3)10-8-7-9-11(15)12(10)14(4,5)6/h7,9,15H,1-6H3. The maximum absolute atomic E-state index is 9.97. The first-order valence-corrected chi connectivity index (χ1v) is 5.38. The molecule has 15 heavy (non-hydrogen) atoms. The lowest BCUT2D eigenvalue weighted by Crippen LogP contribution is -2.22. The molecule has 0 atom stereocenters. The number of phenolic OH excluding ortho intramolecular Hbond substituents is 1. The molecule has 0 fully saturated rings. The fourth-order valence-corrected chi connectivity index (χ4v) is 1.84. The van der Waals surface area contributed by atoms with Gasteiger partial charge in [0.1, 0.15) is 5.75 Å². The molecule has 83 valence electrons. The average molecular weight is 205 g/mol. The zero-order chi connectivity index (χ0) is 11.9. The quantitative estimate of drug-likeness (QED) is 0.683. The SMILES string of the molecule is CC(C)(C)c1[c]ccc(O)c1C(C)(C)C. The number of hydrogen-bond acceptors (Lipinski definition) is 1. The second-order valence-corrected chi connectivity index (χ2v) is 6.11. The third-order valence-electron chi connectivity index (χ3n) is 2.48. The van der Waals surface area contributed by atoms with Gasteiger partial charge in [0.15, 0.2) is 0 Å². The summed E-state index contributed by atoms with van der Waals surface area (Å²) in [7, 11) is 0. The van der Waals surface area contributed by atoms with E-state index in [1.165, 1.54) is 0 Å². The molecule has 0 bridgehead atoms. The molecule has 1 heteroatoms. The molecular weight excluding hydrogens is 184 g/mol. The molecule has 1 nitrogen and oxygen atoms in total. The summed E-state index contributed by atoms with van der Waals surface area (Å²) in [4.78, 5) is 0. The molecule has 1 aromatic carbocycles. The summed E-state index contributed by atoms with van der Waals surface area (Å²) in [6.07, 6.45) is 0. The van der Waals surface area contributed by atoms with Crippen LogP contribution in [0, 0.1) is 6.07 Å². The topological polar surface area (TPSA) is 20.2 Å². The van der Waals surface area contributed by atoms with Gasteiger partial charge in [0.2, 0.25) is 0 Å². The summed E-state index contributed by atoms with van der Waals surface area (Å²) in [5, 5.41) is 9.97. The van der Waals surface area contributed by atoms with E-state index >= 15 is 0 Å². The lowest BCUT2D eigenvalue weighted by atomic mass is 9.75. The molecule has 0 aromatic heterocycles. The van der Waals surface area contributed by atoms with Crippen LogP contribution in [-0.2, 0) is 10.8 Å². The highest BCUT2D eigenvalue weighted by Crippen LogP contribution is 2.38. The summed E-state index contributed by atoms with van der Waals surface area (Å²) in [5.74, 6) is 0.381. The predicted octanol–water partition coefficient (Wildman–Crippen LogP) is 3.79. The first-order chi connectivity index (χ1) is 6.64. The summed E-state index contributed by atoms with van der Waals surface area (Å²) < 4.78 is 0. The lowest BCUT2D eigenvalue weighted by molar-refractivity contribution is 0.435. The highest BCUT2D eigenvalue weighted by atomic mass is 16.3. The summed E-state index contributed by atoms with van der Waals surface area (Å²) in [6, 6.07) is 6.78. The van der Waals surface area contributed by atoms with E-state index < -0.39 is 0 Å². The number of rotatable bonds is 0. The molecule has 0 amide bonds. The molecule has 0 aliphatic rings. The molecule has 1 rings (SSSR count). The van der Waals surface area contributed by atoms with Gasteiger partial charge in [0, 0.05) is 5.56 Å². The van der Waals surface area contributed by atoms with Crippen LogP contribution in [0.25, 0.3) is 0 Å². The minimum Gasteiger partial charge on any atom is -0.508 e. The Morgan fingerprint density at radius 2 is 1.53 bits per heavy atom. The monoisotopic (exact) mass is 205 g/mol. The van der Waals surface area contributed by atoms with Gasteiger partial charge in [0.25, 0.3) is 0 Å². The fourth-order valence-electron chi connectivity index (χ4n) is 1.84. The maximum atomic E-state index is 9.97. The van der Waals surface area contributed by atoms with Crippen molar-refractivity contribution in [3.8, 4) is 5.75 Å². The molecule has 1 radical (unpaired) electrons. The molecule has 0 spiro atoms. The molecule has 1 N–H and O–H groups in total. The van der Waals surface area contributed by atoms with E-state index in [2.05, 4.69) is 47.6 Å². The highest BCUT2D eigenvalue weighted by Gasteiger charge is 2.27. The van der Waals surface area contributed by atoms with Gasteiger partial charge in [0.05, 0.1) is 0 Å². The van der Waals surface area contributed by atoms with E-state index in [1.807, 2.05) is 0 Å². The van der Waals surface area contributed by atoms with Crippen LogP contribution in [-0.4, -0.2) is 5.11 Å². The van der Waals surface area contributed by atoms with Gasteiger partial charge >= 0.3 is 0 Å². The van der Waals surface area contributed by atoms with Crippen LogP contribution >= 0.6 is 0 Å². The van der Waals surface area contributed by atoms with E-state index in [4.69, 9.17) is 0 Å². The van der Waals surface area contributed by atoms with Crippen molar-refractivity contribution in [2.24, 2.45) is 0 Å². The van der Waals surface area contributed by atoms with Crippen molar-refractivity contribution in [3.05, 3.63) is 29.3 Å². The van der Waals surface area contributed by atoms with Crippen molar-refractivity contribution >= 4 is 0 Å². The Labute approximate surface area is 93.1 Å². The van der Waals surface area contributed by atoms with Crippen LogP contribution < -0.4 is 0 Å². The Morgan fingerprint density at radius 3 is 1.87 bits per heavy atom. The van der Waals surface area contributed by atoms with Crippen molar-refractivity contribution in [1.29, 1.82) is 0 Å². The van der Waals surface area contributed by atoms with Gasteiger partial charge < -0.3 is 5.11 Å². The molecular formula is C14H21O. The van der Waals surface area contributed by atoms with E-state index in [1.54, 1.807) is 12.1 Å². The molecule has 0 aliphatic carbocycles. The van der Waals surface area contributed by atoms with Crippen LogP contribution in [0.1, 0.15) is 52.7 Å². The molecule has 1 aromatic rings. The van der Waals surface area contributed by atoms with E-state index in [-0.39, 0.29) is 10.8 Å². The second-order valence-electron chi connectivity index (χ2n) is 6.11. The van der Waals surface area contributed by atoms with Gasteiger partial charge in [-0.2, -0.15) is 0 Å². The first-order valence-electron chi connectivity index (χ1n) is 5.38. The zero-order valence-electron chi connectivity index (χ0n) is 10.6. The third-order valence-corrected chi connectivity index (χ3v) is 2.48. The smallest absolute Gasteiger partial charge is 0.119 e. The Kier molecular flexibility index (Phi) is 2.86. The Bertz CT molecular complexity index is 351. The largest absolute Gasteiger partial charge is 0.508 e. The predicted molar refractivity (Wildman–Crippen MR) is 64.3 cm³/mol. The van der Waals surface area contributed by atoms with Crippen molar-refractivity contribution in [1.82, 2.24) is 0 Å². The van der Waals surface area contributed by atoms with Crippen LogP contribution in [0.15, 0.2) is 12.1 Å². The van der Waals surface area contributed by atoms with Gasteiger partial charge in [-0.3, -0.25) is 0 Å². The van der Waals surface area contributed by atoms with E-state index in [0.29, 0.717) is 5.75 Å². The van der Waals surface area contributed by atoms with Crippen molar-refractivity contribution in [3.63, 3.8) is 0 Å². The number of phenols is 1. The van der Waals surface area contributed by atoms with E-state index in [0.717, 1.165) is 11.1 Å². The molecule has 0 heterocycles. The molecule has 0 unspecified atom stereocenters. The molecule has 0 saturated heterocycles. The molecule has 0 aliphatic heterocycles. The second kappa shape index (κ2) is 3.55. The van der Waals surface area contributed by atoms with Gasteiger partial charge in [-0.25, -0.2) is 0 Å². The fraction of sp³-hybridized carbons (Fsp3) is 0.571. The van der Waals surface area contributed by atoms with Gasteiger partial charge in [-0.15, -0.1) is 0 Å². The number of benzene rings is 1. The Balaban J connectivity index is 3.48.